The summed E-state index contributed by atoms with van der Waals surface area (Å²) in [7, 11) is 3.92. The Kier molecular flexibility index (Phi) is 6.28. The van der Waals surface area contributed by atoms with Gasteiger partial charge in [-0.15, -0.1) is 0 Å². The average Bonchev–Trinajstić information content (AvgIpc) is 2.30. The molecule has 0 amide bonds. The van der Waals surface area contributed by atoms with E-state index in [-0.39, 0.29) is 5.41 Å². The molecular formula is C12H26N2O2. The Morgan fingerprint density at radius 3 is 2.62 bits per heavy atom. The third-order valence-corrected chi connectivity index (χ3v) is 3.48. The first-order valence-corrected chi connectivity index (χ1v) is 6.18. The molecular weight excluding hydrogens is 204 g/mol. The summed E-state index contributed by atoms with van der Waals surface area (Å²) in [5.74, 6) is 0. The minimum absolute atomic E-state index is 0.278. The lowest BCUT2D eigenvalue weighted by Crippen LogP contribution is -2.45. The predicted molar refractivity (Wildman–Crippen MR) is 65.5 cm³/mol. The Labute approximate surface area is 99.1 Å². The molecule has 0 aromatic carbocycles. The van der Waals surface area contributed by atoms with Crippen LogP contribution in [0.25, 0.3) is 0 Å². The molecule has 1 saturated heterocycles. The first kappa shape index (κ1) is 13.9. The Morgan fingerprint density at radius 1 is 1.38 bits per heavy atom. The molecule has 0 aromatic heterocycles. The van der Waals surface area contributed by atoms with Gasteiger partial charge in [-0.3, -0.25) is 0 Å². The van der Waals surface area contributed by atoms with E-state index in [0.29, 0.717) is 0 Å². The second kappa shape index (κ2) is 7.22. The van der Waals surface area contributed by atoms with Crippen LogP contribution in [0.4, 0.5) is 0 Å². The number of hydrogen-bond donors (Lipinski definition) is 1. The zero-order valence-electron chi connectivity index (χ0n) is 10.7. The summed E-state index contributed by atoms with van der Waals surface area (Å²) >= 11 is 0. The number of nitrogens with zero attached hydrogens (tertiary/aromatic N) is 1. The van der Waals surface area contributed by atoms with Gasteiger partial charge in [-0.25, -0.2) is 0 Å². The van der Waals surface area contributed by atoms with Crippen LogP contribution < -0.4 is 5.73 Å². The van der Waals surface area contributed by atoms with Gasteiger partial charge in [0.2, 0.25) is 0 Å². The number of nitrogens with two attached hydrogens (primary N) is 1. The number of hydrogen-bond acceptors (Lipinski definition) is 4. The van der Waals surface area contributed by atoms with Crippen LogP contribution in [0.15, 0.2) is 0 Å². The number of ether oxygens (including phenoxy) is 2. The molecule has 0 bridgehead atoms. The molecule has 4 heteroatoms. The second-order valence-electron chi connectivity index (χ2n) is 4.90. The van der Waals surface area contributed by atoms with Crippen LogP contribution in [0.3, 0.4) is 0 Å². The van der Waals surface area contributed by atoms with Crippen molar-refractivity contribution in [1.29, 1.82) is 0 Å². The molecule has 0 radical (unpaired) electrons. The first-order valence-electron chi connectivity index (χ1n) is 6.18. The number of methoxy groups -OCH3 is 1. The van der Waals surface area contributed by atoms with Gasteiger partial charge in [0.05, 0.1) is 0 Å². The minimum Gasteiger partial charge on any atom is -0.385 e. The quantitative estimate of drug-likeness (QED) is 0.654. The van der Waals surface area contributed by atoms with E-state index in [1.807, 2.05) is 0 Å². The van der Waals surface area contributed by atoms with E-state index in [1.165, 1.54) is 0 Å². The van der Waals surface area contributed by atoms with Gasteiger partial charge in [0.1, 0.15) is 0 Å². The van der Waals surface area contributed by atoms with E-state index >= 15 is 0 Å². The summed E-state index contributed by atoms with van der Waals surface area (Å²) in [5, 5.41) is 0. The fourth-order valence-electron chi connectivity index (χ4n) is 2.36. The molecule has 2 N–H and O–H groups in total. The normalized spacial score (nSPS) is 20.2. The van der Waals surface area contributed by atoms with Crippen LogP contribution in [-0.2, 0) is 9.47 Å². The highest BCUT2D eigenvalue weighted by atomic mass is 16.5. The summed E-state index contributed by atoms with van der Waals surface area (Å²) in [4.78, 5) is 2.37. The topological polar surface area (TPSA) is 47.7 Å². The highest BCUT2D eigenvalue weighted by Crippen LogP contribution is 2.29. The largest absolute Gasteiger partial charge is 0.385 e. The smallest absolute Gasteiger partial charge is 0.0474 e. The summed E-state index contributed by atoms with van der Waals surface area (Å²) < 4.78 is 10.5. The van der Waals surface area contributed by atoms with Gasteiger partial charge >= 0.3 is 0 Å². The highest BCUT2D eigenvalue weighted by molar-refractivity contribution is 4.85. The van der Waals surface area contributed by atoms with E-state index in [0.717, 1.165) is 58.7 Å². The molecule has 1 fully saturated rings. The predicted octanol–water partition coefficient (Wildman–Crippen LogP) is 0.710. The Morgan fingerprint density at radius 2 is 2.06 bits per heavy atom. The van der Waals surface area contributed by atoms with Crippen molar-refractivity contribution in [3.8, 4) is 0 Å². The third kappa shape index (κ3) is 4.37. The van der Waals surface area contributed by atoms with Gasteiger partial charge in [0.25, 0.3) is 0 Å². The summed E-state index contributed by atoms with van der Waals surface area (Å²) in [6.45, 7) is 5.49. The summed E-state index contributed by atoms with van der Waals surface area (Å²) in [6, 6.07) is 0. The molecule has 1 rings (SSSR count). The average molecular weight is 230 g/mol. The van der Waals surface area contributed by atoms with E-state index < -0.39 is 0 Å². The van der Waals surface area contributed by atoms with Crippen molar-refractivity contribution in [1.82, 2.24) is 4.90 Å². The van der Waals surface area contributed by atoms with Crippen molar-refractivity contribution in [2.24, 2.45) is 11.1 Å². The molecule has 0 aliphatic carbocycles. The molecule has 0 aromatic rings. The maximum atomic E-state index is 5.93. The molecule has 0 atom stereocenters. The Balaban J connectivity index is 2.30. The standard InChI is InChI=1S/C12H26N2O2/c1-14(6-3-7-15-2)11-12(10-13)4-8-16-9-5-12/h3-11,13H2,1-2H3. The fraction of sp³-hybridized carbons (Fsp3) is 1.00. The Hall–Kier alpha value is -0.160. The third-order valence-electron chi connectivity index (χ3n) is 3.48. The van der Waals surface area contributed by atoms with Crippen molar-refractivity contribution >= 4 is 0 Å². The molecule has 16 heavy (non-hydrogen) atoms. The maximum Gasteiger partial charge on any atom is 0.0474 e. The lowest BCUT2D eigenvalue weighted by molar-refractivity contribution is 0.00290. The van der Waals surface area contributed by atoms with E-state index in [9.17, 15) is 0 Å². The number of rotatable bonds is 7. The summed E-state index contributed by atoms with van der Waals surface area (Å²) in [5.41, 5.74) is 6.21. The van der Waals surface area contributed by atoms with Crippen molar-refractivity contribution in [2.45, 2.75) is 19.3 Å². The van der Waals surface area contributed by atoms with Gasteiger partial charge in [-0.1, -0.05) is 0 Å². The molecule has 1 heterocycles. The van der Waals surface area contributed by atoms with Gasteiger partial charge < -0.3 is 20.1 Å². The molecule has 0 saturated carbocycles. The van der Waals surface area contributed by atoms with Crippen LogP contribution in [0, 0.1) is 5.41 Å². The molecule has 0 spiro atoms. The molecule has 96 valence electrons. The Bertz CT molecular complexity index is 182. The minimum atomic E-state index is 0.278. The van der Waals surface area contributed by atoms with Gasteiger partial charge in [-0.05, 0) is 38.3 Å². The second-order valence-corrected chi connectivity index (χ2v) is 4.90. The molecule has 1 aliphatic heterocycles. The van der Waals surface area contributed by atoms with Crippen molar-refractivity contribution in [3.63, 3.8) is 0 Å². The van der Waals surface area contributed by atoms with Crippen molar-refractivity contribution in [2.75, 3.05) is 53.6 Å². The van der Waals surface area contributed by atoms with Gasteiger partial charge in [0, 0.05) is 40.0 Å². The van der Waals surface area contributed by atoms with Crippen LogP contribution in [0.1, 0.15) is 19.3 Å². The van der Waals surface area contributed by atoms with Gasteiger partial charge in [0.15, 0.2) is 0 Å². The lowest BCUT2D eigenvalue weighted by Gasteiger charge is -2.39. The lowest BCUT2D eigenvalue weighted by atomic mass is 9.80. The van der Waals surface area contributed by atoms with Gasteiger partial charge in [-0.2, -0.15) is 0 Å². The fourth-order valence-corrected chi connectivity index (χ4v) is 2.36. The SMILES string of the molecule is COCCCN(C)CC1(CN)CCOCC1. The first-order chi connectivity index (χ1) is 7.72. The summed E-state index contributed by atoms with van der Waals surface area (Å²) in [6.07, 6.45) is 3.28. The van der Waals surface area contributed by atoms with Crippen LogP contribution in [0.5, 0.6) is 0 Å². The monoisotopic (exact) mass is 230 g/mol. The zero-order chi connectivity index (χ0) is 11.9. The van der Waals surface area contributed by atoms with Crippen LogP contribution in [-0.4, -0.2) is 58.5 Å². The molecule has 1 aliphatic rings. The molecule has 0 unspecified atom stereocenters. The molecule has 4 nitrogen and oxygen atoms in total. The maximum absolute atomic E-state index is 5.93. The van der Waals surface area contributed by atoms with E-state index in [1.54, 1.807) is 7.11 Å². The zero-order valence-corrected chi connectivity index (χ0v) is 10.7. The van der Waals surface area contributed by atoms with Crippen LogP contribution >= 0.6 is 0 Å². The van der Waals surface area contributed by atoms with Crippen LogP contribution in [0.2, 0.25) is 0 Å². The van der Waals surface area contributed by atoms with E-state index in [2.05, 4.69) is 11.9 Å². The van der Waals surface area contributed by atoms with Crippen molar-refractivity contribution < 1.29 is 9.47 Å². The van der Waals surface area contributed by atoms with E-state index in [4.69, 9.17) is 15.2 Å². The van der Waals surface area contributed by atoms with Crippen molar-refractivity contribution in [3.05, 3.63) is 0 Å². The highest BCUT2D eigenvalue weighted by Gasteiger charge is 2.32.